The molecule has 0 aliphatic carbocycles. The second-order valence-corrected chi connectivity index (χ2v) is 3.97. The fourth-order valence-corrected chi connectivity index (χ4v) is 1.47. The summed E-state index contributed by atoms with van der Waals surface area (Å²) in [7, 11) is 2.37. The number of carboxylic acid groups (broad SMARTS) is 1. The molecule has 7 nitrogen and oxygen atoms in total. The number of aliphatic carboxylic acids is 1. The van der Waals surface area contributed by atoms with Crippen LogP contribution in [0.3, 0.4) is 0 Å². The Balaban J connectivity index is 2.88. The second kappa shape index (κ2) is 7.68. The zero-order valence-electron chi connectivity index (χ0n) is 11.6. The van der Waals surface area contributed by atoms with Crippen molar-refractivity contribution in [3.05, 3.63) is 41.6 Å². The van der Waals surface area contributed by atoms with Crippen LogP contribution in [0.2, 0.25) is 0 Å². The minimum atomic E-state index is -0.934. The van der Waals surface area contributed by atoms with Crippen molar-refractivity contribution in [2.75, 3.05) is 19.5 Å². The van der Waals surface area contributed by atoms with E-state index in [2.05, 4.69) is 14.8 Å². The van der Waals surface area contributed by atoms with Crippen LogP contribution in [0.1, 0.15) is 5.56 Å². The Labute approximate surface area is 121 Å². The molecule has 0 radical (unpaired) electrons. The van der Waals surface area contributed by atoms with Gasteiger partial charge in [0.1, 0.15) is 5.70 Å². The van der Waals surface area contributed by atoms with Crippen LogP contribution in [0.15, 0.2) is 36.0 Å². The fraction of sp³-hybridized carbons (Fsp3) is 0.214. The van der Waals surface area contributed by atoms with Crippen molar-refractivity contribution in [1.29, 1.82) is 0 Å². The summed E-state index contributed by atoms with van der Waals surface area (Å²) >= 11 is 0. The largest absolute Gasteiger partial charge is 0.481 e. The topological polar surface area (TPSA) is 102 Å². The van der Waals surface area contributed by atoms with Crippen molar-refractivity contribution in [3.8, 4) is 0 Å². The molecule has 0 aromatic heterocycles. The third-order valence-corrected chi connectivity index (χ3v) is 2.46. The van der Waals surface area contributed by atoms with Gasteiger partial charge in [-0.1, -0.05) is 12.1 Å². The smallest absolute Gasteiger partial charge is 0.354 e. The molecular weight excluding hydrogens is 278 g/mol. The van der Waals surface area contributed by atoms with Crippen LogP contribution in [0.4, 0.5) is 5.69 Å². The maximum atomic E-state index is 11.5. The number of esters is 2. The van der Waals surface area contributed by atoms with Gasteiger partial charge >= 0.3 is 17.9 Å². The standard InChI is InChI=1S/C14H15NO6/c1-20-13(18)8-11(14(19)21-2)15-10-5-3-9(4-6-10)7-12(16)17/h3-6,8,15H,7H2,1-2H3,(H,16,17)/b11-8+. The minimum absolute atomic E-state index is 0.0877. The first kappa shape index (κ1) is 16.2. The predicted octanol–water partition coefficient (Wildman–Crippen LogP) is 0.955. The molecule has 1 aromatic rings. The summed E-state index contributed by atoms with van der Waals surface area (Å²) in [5.74, 6) is -2.36. The lowest BCUT2D eigenvalue weighted by Gasteiger charge is -2.09. The van der Waals surface area contributed by atoms with Gasteiger partial charge in [0.15, 0.2) is 0 Å². The van der Waals surface area contributed by atoms with Gasteiger partial charge in [0.25, 0.3) is 0 Å². The Bertz CT molecular complexity index is 561. The molecule has 0 bridgehead atoms. The fourth-order valence-electron chi connectivity index (χ4n) is 1.47. The monoisotopic (exact) mass is 293 g/mol. The lowest BCUT2D eigenvalue weighted by Crippen LogP contribution is -2.15. The Morgan fingerprint density at radius 1 is 1.14 bits per heavy atom. The maximum absolute atomic E-state index is 11.5. The predicted molar refractivity (Wildman–Crippen MR) is 73.5 cm³/mol. The Hall–Kier alpha value is -2.83. The van der Waals surface area contributed by atoms with Gasteiger partial charge in [-0.3, -0.25) is 4.79 Å². The summed E-state index contributed by atoms with van der Waals surface area (Å²) in [6, 6.07) is 6.38. The summed E-state index contributed by atoms with van der Waals surface area (Å²) in [6.07, 6.45) is 0.874. The van der Waals surface area contributed by atoms with Crippen LogP contribution in [-0.2, 0) is 30.3 Å². The van der Waals surface area contributed by atoms with E-state index in [0.717, 1.165) is 6.08 Å². The molecule has 112 valence electrons. The maximum Gasteiger partial charge on any atom is 0.354 e. The highest BCUT2D eigenvalue weighted by molar-refractivity contribution is 5.98. The van der Waals surface area contributed by atoms with Crippen molar-refractivity contribution in [2.24, 2.45) is 0 Å². The van der Waals surface area contributed by atoms with Crippen LogP contribution in [-0.4, -0.2) is 37.2 Å². The Kier molecular flexibility index (Phi) is 5.94. The number of methoxy groups -OCH3 is 2. The molecule has 0 unspecified atom stereocenters. The van der Waals surface area contributed by atoms with E-state index in [1.54, 1.807) is 24.3 Å². The first-order valence-electron chi connectivity index (χ1n) is 5.92. The molecule has 0 amide bonds. The molecule has 0 heterocycles. The number of hydrogen-bond donors (Lipinski definition) is 2. The van der Waals surface area contributed by atoms with E-state index < -0.39 is 17.9 Å². The van der Waals surface area contributed by atoms with Gasteiger partial charge in [-0.25, -0.2) is 9.59 Å². The van der Waals surface area contributed by atoms with Crippen LogP contribution in [0.5, 0.6) is 0 Å². The molecule has 0 spiro atoms. The molecule has 2 N–H and O–H groups in total. The lowest BCUT2D eigenvalue weighted by molar-refractivity contribution is -0.138. The first-order chi connectivity index (χ1) is 9.96. The molecule has 0 saturated carbocycles. The van der Waals surface area contributed by atoms with E-state index in [0.29, 0.717) is 11.3 Å². The van der Waals surface area contributed by atoms with Gasteiger partial charge in [0.05, 0.1) is 26.7 Å². The highest BCUT2D eigenvalue weighted by Crippen LogP contribution is 2.13. The van der Waals surface area contributed by atoms with Crippen molar-refractivity contribution in [2.45, 2.75) is 6.42 Å². The average molecular weight is 293 g/mol. The number of ether oxygens (including phenoxy) is 2. The number of carbonyl (C=O) groups is 3. The number of hydrogen-bond acceptors (Lipinski definition) is 6. The van der Waals surface area contributed by atoms with Crippen LogP contribution >= 0.6 is 0 Å². The third kappa shape index (κ3) is 5.35. The molecule has 1 rings (SSSR count). The van der Waals surface area contributed by atoms with Crippen LogP contribution in [0, 0.1) is 0 Å². The number of carbonyl (C=O) groups excluding carboxylic acids is 2. The third-order valence-electron chi connectivity index (χ3n) is 2.46. The molecule has 0 saturated heterocycles. The highest BCUT2D eigenvalue weighted by atomic mass is 16.5. The van der Waals surface area contributed by atoms with E-state index in [-0.39, 0.29) is 12.1 Å². The van der Waals surface area contributed by atoms with Crippen molar-refractivity contribution >= 4 is 23.6 Å². The van der Waals surface area contributed by atoms with Gasteiger partial charge < -0.3 is 19.9 Å². The van der Waals surface area contributed by atoms with Gasteiger partial charge in [0, 0.05) is 5.69 Å². The summed E-state index contributed by atoms with van der Waals surface area (Å²) in [5, 5.41) is 11.4. The number of carboxylic acids is 1. The molecule has 1 aromatic carbocycles. The van der Waals surface area contributed by atoms with E-state index >= 15 is 0 Å². The molecule has 21 heavy (non-hydrogen) atoms. The highest BCUT2D eigenvalue weighted by Gasteiger charge is 2.12. The number of rotatable bonds is 6. The zero-order valence-corrected chi connectivity index (χ0v) is 11.6. The lowest BCUT2D eigenvalue weighted by atomic mass is 10.1. The quantitative estimate of drug-likeness (QED) is 0.594. The van der Waals surface area contributed by atoms with E-state index in [1.807, 2.05) is 0 Å². The SMILES string of the molecule is COC(=O)/C=C(/Nc1ccc(CC(=O)O)cc1)C(=O)OC. The van der Waals surface area contributed by atoms with Gasteiger partial charge in [-0.05, 0) is 17.7 Å². The van der Waals surface area contributed by atoms with Crippen molar-refractivity contribution < 1.29 is 29.0 Å². The number of nitrogens with one attached hydrogen (secondary N) is 1. The normalized spacial score (nSPS) is 10.7. The van der Waals surface area contributed by atoms with E-state index in [4.69, 9.17) is 5.11 Å². The summed E-state index contributed by atoms with van der Waals surface area (Å²) in [6.45, 7) is 0. The second-order valence-electron chi connectivity index (χ2n) is 3.97. The van der Waals surface area contributed by atoms with Gasteiger partial charge in [0.2, 0.25) is 0 Å². The zero-order chi connectivity index (χ0) is 15.8. The molecule has 7 heteroatoms. The number of anilines is 1. The number of benzene rings is 1. The molecule has 0 aliphatic rings. The molecule has 0 fully saturated rings. The molecule has 0 atom stereocenters. The van der Waals surface area contributed by atoms with Crippen molar-refractivity contribution in [1.82, 2.24) is 0 Å². The minimum Gasteiger partial charge on any atom is -0.481 e. The summed E-state index contributed by atoms with van der Waals surface area (Å²) in [5.41, 5.74) is 1.03. The first-order valence-corrected chi connectivity index (χ1v) is 5.92. The summed E-state index contributed by atoms with van der Waals surface area (Å²) < 4.78 is 9.00. The van der Waals surface area contributed by atoms with Crippen molar-refractivity contribution in [3.63, 3.8) is 0 Å². The van der Waals surface area contributed by atoms with E-state index in [9.17, 15) is 14.4 Å². The Morgan fingerprint density at radius 2 is 1.76 bits per heavy atom. The Morgan fingerprint density at radius 3 is 2.24 bits per heavy atom. The van der Waals surface area contributed by atoms with Crippen LogP contribution in [0.25, 0.3) is 0 Å². The van der Waals surface area contributed by atoms with E-state index in [1.165, 1.54) is 14.2 Å². The molecular formula is C14H15NO6. The summed E-state index contributed by atoms with van der Waals surface area (Å²) in [4.78, 5) is 33.3. The average Bonchev–Trinajstić information content (AvgIpc) is 2.46. The van der Waals surface area contributed by atoms with Gasteiger partial charge in [-0.2, -0.15) is 0 Å². The van der Waals surface area contributed by atoms with Crippen LogP contribution < -0.4 is 5.32 Å². The van der Waals surface area contributed by atoms with Gasteiger partial charge in [-0.15, -0.1) is 0 Å². The molecule has 0 aliphatic heterocycles.